The number of amides is 1. The molecular formula is C24H21N3O4S. The number of rotatable bonds is 7. The highest BCUT2D eigenvalue weighted by Crippen LogP contribution is 2.22. The van der Waals surface area contributed by atoms with Crippen LogP contribution in [0.25, 0.3) is 11.5 Å². The summed E-state index contributed by atoms with van der Waals surface area (Å²) in [4.78, 5) is 20.9. The first-order valence-electron chi connectivity index (χ1n) is 9.92. The van der Waals surface area contributed by atoms with Crippen LogP contribution in [-0.4, -0.2) is 24.3 Å². The first kappa shape index (κ1) is 21.5. The van der Waals surface area contributed by atoms with Crippen LogP contribution in [0.5, 0.6) is 0 Å². The number of nitrogens with one attached hydrogen (secondary N) is 1. The molecule has 0 spiro atoms. The van der Waals surface area contributed by atoms with Gasteiger partial charge in [-0.1, -0.05) is 23.8 Å². The van der Waals surface area contributed by atoms with Gasteiger partial charge in [-0.05, 0) is 55.0 Å². The maximum absolute atomic E-state index is 12.6. The Morgan fingerprint density at radius 1 is 1.03 bits per heavy atom. The van der Waals surface area contributed by atoms with Gasteiger partial charge in [-0.2, -0.15) is 0 Å². The number of sulfone groups is 1. The number of oxazole rings is 1. The zero-order chi connectivity index (χ0) is 22.6. The van der Waals surface area contributed by atoms with Gasteiger partial charge in [0.1, 0.15) is 12.0 Å². The van der Waals surface area contributed by atoms with Crippen LogP contribution in [0.4, 0.5) is 0 Å². The van der Waals surface area contributed by atoms with Crippen molar-refractivity contribution in [3.8, 4) is 11.5 Å². The van der Waals surface area contributed by atoms with Gasteiger partial charge in [0, 0.05) is 30.1 Å². The second kappa shape index (κ2) is 9.15. The highest BCUT2D eigenvalue weighted by Gasteiger charge is 2.18. The molecule has 0 radical (unpaired) electrons. The zero-order valence-electron chi connectivity index (χ0n) is 17.4. The quantitative estimate of drug-likeness (QED) is 0.460. The van der Waals surface area contributed by atoms with Crippen LogP contribution in [0.2, 0.25) is 0 Å². The summed E-state index contributed by atoms with van der Waals surface area (Å²) in [6, 6.07) is 17.1. The van der Waals surface area contributed by atoms with E-state index in [9.17, 15) is 13.2 Å². The highest BCUT2D eigenvalue weighted by molar-refractivity contribution is 7.90. The average molecular weight is 448 g/mol. The molecule has 7 nitrogen and oxygen atoms in total. The van der Waals surface area contributed by atoms with Crippen molar-refractivity contribution in [1.29, 1.82) is 0 Å². The number of hydrogen-bond acceptors (Lipinski definition) is 6. The SMILES string of the molecule is Cc1ccc(S(=O)(=O)Cc2coc(-c3ccc(C(=O)NCc4cccnc4)cc3)n2)cc1. The molecule has 0 bridgehead atoms. The molecule has 1 amide bonds. The lowest BCUT2D eigenvalue weighted by Gasteiger charge is -2.05. The normalized spacial score (nSPS) is 11.3. The smallest absolute Gasteiger partial charge is 0.251 e. The summed E-state index contributed by atoms with van der Waals surface area (Å²) in [6.45, 7) is 2.28. The molecule has 0 unspecified atom stereocenters. The minimum atomic E-state index is -3.53. The Kier molecular flexibility index (Phi) is 6.13. The van der Waals surface area contributed by atoms with Crippen molar-refractivity contribution >= 4 is 15.7 Å². The number of carbonyl (C=O) groups excluding carboxylic acids is 1. The summed E-state index contributed by atoms with van der Waals surface area (Å²) in [6.07, 6.45) is 4.72. The number of benzene rings is 2. The monoisotopic (exact) mass is 447 g/mol. The van der Waals surface area contributed by atoms with Crippen LogP contribution in [0.1, 0.15) is 27.2 Å². The van der Waals surface area contributed by atoms with E-state index >= 15 is 0 Å². The van der Waals surface area contributed by atoms with Crippen LogP contribution >= 0.6 is 0 Å². The lowest BCUT2D eigenvalue weighted by molar-refractivity contribution is 0.0951. The van der Waals surface area contributed by atoms with E-state index in [0.29, 0.717) is 29.3 Å². The molecule has 2 aromatic heterocycles. The largest absolute Gasteiger partial charge is 0.444 e. The van der Waals surface area contributed by atoms with Gasteiger partial charge >= 0.3 is 0 Å². The Morgan fingerprint density at radius 2 is 1.78 bits per heavy atom. The van der Waals surface area contributed by atoms with Gasteiger partial charge in [0.25, 0.3) is 5.91 Å². The second-order valence-electron chi connectivity index (χ2n) is 7.34. The Hall–Kier alpha value is -3.78. The minimum absolute atomic E-state index is 0.210. The van der Waals surface area contributed by atoms with Crippen molar-refractivity contribution in [3.63, 3.8) is 0 Å². The summed E-state index contributed by atoms with van der Waals surface area (Å²) >= 11 is 0. The predicted octanol–water partition coefficient (Wildman–Crippen LogP) is 3.95. The molecule has 2 heterocycles. The first-order chi connectivity index (χ1) is 15.4. The summed E-state index contributed by atoms with van der Waals surface area (Å²) < 4.78 is 30.7. The summed E-state index contributed by atoms with van der Waals surface area (Å²) in [5.74, 6) is -0.173. The fraction of sp³-hybridized carbons (Fsp3) is 0.125. The molecule has 0 saturated heterocycles. The van der Waals surface area contributed by atoms with E-state index in [1.807, 2.05) is 19.1 Å². The fourth-order valence-corrected chi connectivity index (χ4v) is 4.32. The Labute approximate surface area is 186 Å². The number of hydrogen-bond donors (Lipinski definition) is 1. The van der Waals surface area contributed by atoms with Crippen molar-refractivity contribution in [2.24, 2.45) is 0 Å². The van der Waals surface area contributed by atoms with Gasteiger partial charge in [0.2, 0.25) is 5.89 Å². The van der Waals surface area contributed by atoms with Gasteiger partial charge in [-0.3, -0.25) is 9.78 Å². The molecule has 4 rings (SSSR count). The molecule has 0 fully saturated rings. The van der Waals surface area contributed by atoms with E-state index in [4.69, 9.17) is 4.42 Å². The van der Waals surface area contributed by atoms with E-state index in [1.54, 1.807) is 60.9 Å². The molecule has 0 aliphatic carbocycles. The maximum atomic E-state index is 12.6. The molecular weight excluding hydrogens is 426 g/mol. The summed E-state index contributed by atoms with van der Waals surface area (Å²) in [5, 5.41) is 2.84. The number of carbonyl (C=O) groups is 1. The van der Waals surface area contributed by atoms with Crippen LogP contribution in [-0.2, 0) is 22.1 Å². The van der Waals surface area contributed by atoms with Gasteiger partial charge in [0.05, 0.1) is 10.6 Å². The van der Waals surface area contributed by atoms with Gasteiger partial charge in [0.15, 0.2) is 9.84 Å². The van der Waals surface area contributed by atoms with Gasteiger partial charge in [-0.15, -0.1) is 0 Å². The van der Waals surface area contributed by atoms with Crippen LogP contribution in [0.15, 0.2) is 88.6 Å². The van der Waals surface area contributed by atoms with E-state index in [0.717, 1.165) is 11.1 Å². The highest BCUT2D eigenvalue weighted by atomic mass is 32.2. The van der Waals surface area contributed by atoms with E-state index in [-0.39, 0.29) is 16.6 Å². The van der Waals surface area contributed by atoms with Crippen molar-refractivity contribution in [3.05, 3.63) is 102 Å². The standard InChI is InChI=1S/C24H21N3O4S/c1-17-4-10-22(11-5-17)32(29,30)16-21-15-31-24(27-21)20-8-6-19(7-9-20)23(28)26-14-18-3-2-12-25-13-18/h2-13,15H,14,16H2,1H3,(H,26,28). The minimum Gasteiger partial charge on any atom is -0.444 e. The van der Waals surface area contributed by atoms with Crippen LogP contribution in [0, 0.1) is 6.92 Å². The fourth-order valence-electron chi connectivity index (χ4n) is 3.08. The van der Waals surface area contributed by atoms with Crippen molar-refractivity contribution in [2.75, 3.05) is 0 Å². The third kappa shape index (κ3) is 5.09. The van der Waals surface area contributed by atoms with Crippen molar-refractivity contribution in [1.82, 2.24) is 15.3 Å². The number of nitrogens with zero attached hydrogens (tertiary/aromatic N) is 2. The Morgan fingerprint density at radius 3 is 2.47 bits per heavy atom. The second-order valence-corrected chi connectivity index (χ2v) is 9.33. The number of aryl methyl sites for hydroxylation is 1. The maximum Gasteiger partial charge on any atom is 0.251 e. The van der Waals surface area contributed by atoms with E-state index in [2.05, 4.69) is 15.3 Å². The number of aromatic nitrogens is 2. The lowest BCUT2D eigenvalue weighted by atomic mass is 10.1. The van der Waals surface area contributed by atoms with Crippen molar-refractivity contribution in [2.45, 2.75) is 24.1 Å². The Bertz CT molecular complexity index is 1310. The van der Waals surface area contributed by atoms with Crippen molar-refractivity contribution < 1.29 is 17.6 Å². The van der Waals surface area contributed by atoms with Crippen LogP contribution in [0.3, 0.4) is 0 Å². The zero-order valence-corrected chi connectivity index (χ0v) is 18.2. The first-order valence-corrected chi connectivity index (χ1v) is 11.6. The number of pyridine rings is 1. The third-order valence-corrected chi connectivity index (χ3v) is 6.51. The molecule has 162 valence electrons. The topological polar surface area (TPSA) is 102 Å². The van der Waals surface area contributed by atoms with Crippen LogP contribution < -0.4 is 5.32 Å². The van der Waals surface area contributed by atoms with E-state index in [1.165, 1.54) is 6.26 Å². The molecule has 1 N–H and O–H groups in total. The molecule has 0 atom stereocenters. The van der Waals surface area contributed by atoms with Gasteiger partial charge in [-0.25, -0.2) is 13.4 Å². The van der Waals surface area contributed by atoms with Gasteiger partial charge < -0.3 is 9.73 Å². The molecule has 8 heteroatoms. The molecule has 0 aliphatic heterocycles. The molecule has 2 aromatic carbocycles. The average Bonchev–Trinajstić information content (AvgIpc) is 3.26. The molecule has 32 heavy (non-hydrogen) atoms. The summed E-state index contributed by atoms with van der Waals surface area (Å²) in [5.41, 5.74) is 3.35. The molecule has 4 aromatic rings. The molecule has 0 saturated carbocycles. The lowest BCUT2D eigenvalue weighted by Crippen LogP contribution is -2.22. The van der Waals surface area contributed by atoms with E-state index < -0.39 is 9.84 Å². The molecule has 0 aliphatic rings. The third-order valence-electron chi connectivity index (χ3n) is 4.84. The summed E-state index contributed by atoms with van der Waals surface area (Å²) in [7, 11) is -3.53. The predicted molar refractivity (Wildman–Crippen MR) is 119 cm³/mol. The Balaban J connectivity index is 1.41.